The van der Waals surface area contributed by atoms with Gasteiger partial charge in [0.05, 0.1) is 0 Å². The van der Waals surface area contributed by atoms with Crippen LogP contribution in [-0.4, -0.2) is 0 Å². The Morgan fingerprint density at radius 2 is 0.719 bits per heavy atom. The number of para-hydroxylation sites is 4. The van der Waals surface area contributed by atoms with E-state index in [1.807, 2.05) is 23.5 Å². The number of hydrogen-bond acceptors (Lipinski definition) is 4. The quantitative estimate of drug-likeness (QED) is 0.160. The van der Waals surface area contributed by atoms with Crippen LogP contribution >= 0.6 is 11.3 Å². The zero-order valence-electron chi connectivity index (χ0n) is 34.5. The third-order valence-corrected chi connectivity index (χ3v) is 13.9. The van der Waals surface area contributed by atoms with E-state index in [9.17, 15) is 0 Å². The lowest BCUT2D eigenvalue weighted by atomic mass is 9.99. The average Bonchev–Trinajstić information content (AvgIpc) is 4.06. The van der Waals surface area contributed by atoms with Crippen LogP contribution in [0.15, 0.2) is 233 Å². The van der Waals surface area contributed by atoms with Gasteiger partial charge in [-0.2, -0.15) is 0 Å². The third-order valence-electron chi connectivity index (χ3n) is 12.7. The summed E-state index contributed by atoms with van der Waals surface area (Å²) in [5, 5.41) is 7.06. The Labute approximate surface area is 373 Å². The second-order valence-electron chi connectivity index (χ2n) is 16.4. The number of fused-ring (bicyclic) bond motifs is 9. The van der Waals surface area contributed by atoms with E-state index in [0.717, 1.165) is 94.3 Å². The van der Waals surface area contributed by atoms with Gasteiger partial charge < -0.3 is 13.7 Å². The molecule has 13 aromatic rings. The fourth-order valence-electron chi connectivity index (χ4n) is 9.60. The van der Waals surface area contributed by atoms with Crippen molar-refractivity contribution in [2.75, 3.05) is 4.90 Å². The predicted octanol–water partition coefficient (Wildman–Crippen LogP) is 18.0. The van der Waals surface area contributed by atoms with Gasteiger partial charge in [0.1, 0.15) is 22.3 Å². The molecule has 0 atom stereocenters. The van der Waals surface area contributed by atoms with Crippen molar-refractivity contribution in [3.8, 4) is 44.5 Å². The highest BCUT2D eigenvalue weighted by Crippen LogP contribution is 2.44. The maximum atomic E-state index is 6.95. The first-order chi connectivity index (χ1) is 31.7. The number of hydrogen-bond donors (Lipinski definition) is 0. The van der Waals surface area contributed by atoms with Crippen LogP contribution in [0.1, 0.15) is 0 Å². The van der Waals surface area contributed by atoms with E-state index in [2.05, 4.69) is 217 Å². The summed E-state index contributed by atoms with van der Waals surface area (Å²) >= 11 is 1.84. The first kappa shape index (κ1) is 36.5. The lowest BCUT2D eigenvalue weighted by Crippen LogP contribution is -2.09. The summed E-state index contributed by atoms with van der Waals surface area (Å²) in [7, 11) is 0. The van der Waals surface area contributed by atoms with Crippen molar-refractivity contribution in [1.29, 1.82) is 0 Å². The predicted molar refractivity (Wildman–Crippen MR) is 270 cm³/mol. The van der Waals surface area contributed by atoms with Gasteiger partial charge in [-0.15, -0.1) is 11.3 Å². The molecule has 0 aliphatic carbocycles. The minimum atomic E-state index is 0.892. The standard InChI is InChI=1S/C60H37NO2S/c1-2-11-38(12-3-1)39-23-30-43(31-24-39)61(44-32-25-40(26-33-44)46-15-8-18-51-49-13-4-6-21-55(49)62-58(46)51)45-34-27-41(28-35-45)47-16-9-19-52-53-20-10-17-48(60(53)63-59(47)52)42-29-36-57-54(37-42)50-14-5-7-22-56(50)64-57/h1-37H. The number of thiophene rings is 1. The van der Waals surface area contributed by atoms with Crippen LogP contribution in [0.4, 0.5) is 17.1 Å². The molecular formula is C60H37NO2S. The Bertz CT molecular complexity index is 3880. The molecule has 0 N–H and O–H groups in total. The van der Waals surface area contributed by atoms with Gasteiger partial charge in [-0.3, -0.25) is 0 Å². The van der Waals surface area contributed by atoms with Crippen LogP contribution in [0, 0.1) is 0 Å². The summed E-state index contributed by atoms with van der Waals surface area (Å²) in [5.41, 5.74) is 15.7. The Morgan fingerprint density at radius 1 is 0.281 bits per heavy atom. The maximum Gasteiger partial charge on any atom is 0.143 e. The smallest absolute Gasteiger partial charge is 0.143 e. The van der Waals surface area contributed by atoms with Gasteiger partial charge in [-0.05, 0) is 88.5 Å². The summed E-state index contributed by atoms with van der Waals surface area (Å²) < 4.78 is 16.0. The number of furan rings is 2. The zero-order valence-corrected chi connectivity index (χ0v) is 35.4. The molecule has 4 heteroatoms. The molecule has 3 heterocycles. The van der Waals surface area contributed by atoms with E-state index in [1.165, 1.54) is 31.3 Å². The highest BCUT2D eigenvalue weighted by Gasteiger charge is 2.19. The van der Waals surface area contributed by atoms with Crippen LogP contribution in [0.2, 0.25) is 0 Å². The molecule has 0 saturated heterocycles. The molecular weight excluding hydrogens is 799 g/mol. The molecule has 10 aromatic carbocycles. The lowest BCUT2D eigenvalue weighted by Gasteiger charge is -2.26. The molecule has 13 rings (SSSR count). The molecule has 3 aromatic heterocycles. The Hall–Kier alpha value is -8.18. The Balaban J connectivity index is 0.888. The molecule has 3 nitrogen and oxygen atoms in total. The van der Waals surface area contributed by atoms with Crippen molar-refractivity contribution in [1.82, 2.24) is 0 Å². The molecule has 300 valence electrons. The third kappa shape index (κ3) is 5.95. The largest absolute Gasteiger partial charge is 0.455 e. The van der Waals surface area contributed by atoms with Crippen LogP contribution < -0.4 is 4.90 Å². The monoisotopic (exact) mass is 835 g/mol. The SMILES string of the molecule is c1ccc(-c2ccc(N(c3ccc(-c4cccc5c4oc4ccccc45)cc3)c3ccc(-c4cccc5c4oc4c(-c6ccc7sc8ccccc8c7c6)cccc45)cc3)cc2)cc1. The molecule has 0 aliphatic heterocycles. The van der Waals surface area contributed by atoms with Crippen molar-refractivity contribution in [3.05, 3.63) is 224 Å². The molecule has 0 saturated carbocycles. The van der Waals surface area contributed by atoms with Gasteiger partial charge in [0.2, 0.25) is 0 Å². The van der Waals surface area contributed by atoms with Gasteiger partial charge in [0.25, 0.3) is 0 Å². The van der Waals surface area contributed by atoms with E-state index >= 15 is 0 Å². The molecule has 0 spiro atoms. The van der Waals surface area contributed by atoms with Gasteiger partial charge in [-0.1, -0.05) is 164 Å². The second-order valence-corrected chi connectivity index (χ2v) is 17.5. The number of nitrogens with zero attached hydrogens (tertiary/aromatic N) is 1. The normalized spacial score (nSPS) is 11.8. The van der Waals surface area contributed by atoms with Crippen LogP contribution in [0.25, 0.3) is 109 Å². The van der Waals surface area contributed by atoms with Crippen LogP contribution in [0.5, 0.6) is 0 Å². The molecule has 0 amide bonds. The zero-order chi connectivity index (χ0) is 42.1. The summed E-state index contributed by atoms with van der Waals surface area (Å²) in [4.78, 5) is 2.33. The van der Waals surface area contributed by atoms with Crippen molar-refractivity contribution in [2.45, 2.75) is 0 Å². The van der Waals surface area contributed by atoms with Crippen LogP contribution in [0.3, 0.4) is 0 Å². The molecule has 0 unspecified atom stereocenters. The topological polar surface area (TPSA) is 29.5 Å². The van der Waals surface area contributed by atoms with Crippen molar-refractivity contribution >= 4 is 92.4 Å². The van der Waals surface area contributed by atoms with Gasteiger partial charge in [-0.25, -0.2) is 0 Å². The Kier molecular flexibility index (Phi) is 8.40. The minimum Gasteiger partial charge on any atom is -0.455 e. The highest BCUT2D eigenvalue weighted by atomic mass is 32.1. The number of benzene rings is 10. The maximum absolute atomic E-state index is 6.95. The van der Waals surface area contributed by atoms with Crippen molar-refractivity contribution < 1.29 is 8.83 Å². The fourth-order valence-corrected chi connectivity index (χ4v) is 10.7. The van der Waals surface area contributed by atoms with Crippen molar-refractivity contribution in [2.24, 2.45) is 0 Å². The second kappa shape index (κ2) is 14.7. The van der Waals surface area contributed by atoms with E-state index in [-0.39, 0.29) is 0 Å². The first-order valence-corrected chi connectivity index (χ1v) is 22.5. The molecule has 0 aliphatic rings. The van der Waals surface area contributed by atoms with E-state index < -0.39 is 0 Å². The summed E-state index contributed by atoms with van der Waals surface area (Å²) in [5.74, 6) is 0. The van der Waals surface area contributed by atoms with Gasteiger partial charge >= 0.3 is 0 Å². The number of rotatable bonds is 7. The van der Waals surface area contributed by atoms with E-state index in [0.29, 0.717) is 0 Å². The molecule has 0 bridgehead atoms. The molecule has 0 fully saturated rings. The van der Waals surface area contributed by atoms with E-state index in [1.54, 1.807) is 0 Å². The minimum absolute atomic E-state index is 0.892. The summed E-state index contributed by atoms with van der Waals surface area (Å²) in [6.45, 7) is 0. The van der Waals surface area contributed by atoms with E-state index in [4.69, 9.17) is 8.83 Å². The van der Waals surface area contributed by atoms with Crippen molar-refractivity contribution in [3.63, 3.8) is 0 Å². The molecule has 64 heavy (non-hydrogen) atoms. The first-order valence-electron chi connectivity index (χ1n) is 21.6. The molecule has 0 radical (unpaired) electrons. The Morgan fingerprint density at radius 3 is 1.34 bits per heavy atom. The fraction of sp³-hybridized carbons (Fsp3) is 0. The summed E-state index contributed by atoms with van der Waals surface area (Å²) in [6, 6.07) is 80.2. The highest BCUT2D eigenvalue weighted by molar-refractivity contribution is 7.25. The van der Waals surface area contributed by atoms with Gasteiger partial charge in [0.15, 0.2) is 0 Å². The number of anilines is 3. The average molecular weight is 836 g/mol. The summed E-state index contributed by atoms with van der Waals surface area (Å²) in [6.07, 6.45) is 0. The van der Waals surface area contributed by atoms with Gasteiger partial charge in [0, 0.05) is 75.5 Å². The lowest BCUT2D eigenvalue weighted by molar-refractivity contribution is 0.670. The van der Waals surface area contributed by atoms with Crippen LogP contribution in [-0.2, 0) is 0 Å².